The quantitative estimate of drug-likeness (QED) is 0.406. The fourth-order valence-electron chi connectivity index (χ4n) is 1.39. The van der Waals surface area contributed by atoms with Gasteiger partial charge in [0.15, 0.2) is 0 Å². The molecule has 1 amide bonds. The van der Waals surface area contributed by atoms with Crippen LogP contribution in [0.4, 0.5) is 0 Å². The number of hydrogen-bond donors (Lipinski definition) is 2. The van der Waals surface area contributed by atoms with Crippen LogP contribution in [-0.4, -0.2) is 44.8 Å². The minimum atomic E-state index is -3.00. The Morgan fingerprint density at radius 3 is 2.78 bits per heavy atom. The molecule has 0 saturated carbocycles. The summed E-state index contributed by atoms with van der Waals surface area (Å²) in [5.41, 5.74) is 2.37. The molecule has 0 saturated heterocycles. The molecule has 1 aromatic rings. The molecule has 1 aromatic heterocycles. The van der Waals surface area contributed by atoms with E-state index in [-0.39, 0.29) is 5.75 Å². The van der Waals surface area contributed by atoms with Crippen LogP contribution in [0.15, 0.2) is 16.7 Å². The van der Waals surface area contributed by atoms with Crippen molar-refractivity contribution in [2.24, 2.45) is 5.84 Å². The summed E-state index contributed by atoms with van der Waals surface area (Å²) in [6, 6.07) is 1.52. The number of nitrogens with two attached hydrogens (primary N) is 1. The molecule has 0 aliphatic carbocycles. The summed E-state index contributed by atoms with van der Waals surface area (Å²) in [7, 11) is -1.25. The molecule has 0 unspecified atom stereocenters. The Bertz CT molecular complexity index is 509. The number of nitrogen functional groups attached to an aromatic ring is 1. The Hall–Kier alpha value is -1.38. The number of nitrogens with one attached hydrogen (secondary N) is 1. The summed E-state index contributed by atoms with van der Waals surface area (Å²) in [4.78, 5) is 13.1. The predicted molar refractivity (Wildman–Crippen MR) is 66.4 cm³/mol. The lowest BCUT2D eigenvalue weighted by atomic mass is 10.2. The zero-order valence-electron chi connectivity index (χ0n) is 10.3. The van der Waals surface area contributed by atoms with Crippen LogP contribution in [0.5, 0.6) is 0 Å². The molecule has 0 aromatic carbocycles. The molecule has 0 bridgehead atoms. The van der Waals surface area contributed by atoms with Crippen molar-refractivity contribution in [3.63, 3.8) is 0 Å². The molecule has 0 aliphatic heterocycles. The normalized spacial score (nSPS) is 11.8. The van der Waals surface area contributed by atoms with Crippen LogP contribution in [0.25, 0.3) is 0 Å². The number of hydrogen-bond acceptors (Lipinski definition) is 6. The zero-order chi connectivity index (χ0) is 13.8. The van der Waals surface area contributed by atoms with Gasteiger partial charge in [-0.1, -0.05) is 0 Å². The molecule has 0 spiro atoms. The van der Waals surface area contributed by atoms with E-state index < -0.39 is 15.7 Å². The summed E-state index contributed by atoms with van der Waals surface area (Å²) in [6.45, 7) is 0.703. The average Bonchev–Trinajstić information content (AvgIpc) is 2.72. The Labute approximate surface area is 106 Å². The zero-order valence-corrected chi connectivity index (χ0v) is 11.2. The third kappa shape index (κ3) is 4.47. The van der Waals surface area contributed by atoms with Crippen LogP contribution < -0.4 is 11.3 Å². The van der Waals surface area contributed by atoms with Crippen molar-refractivity contribution >= 4 is 15.7 Å². The number of carbonyl (C=O) groups is 1. The Morgan fingerprint density at radius 1 is 1.56 bits per heavy atom. The standard InChI is InChI=1S/C10H17N3O4S/c1-13(4-6-18(2,15)16)7-9-8(3-5-17-9)10(14)12-11/h3,5H,4,6-7,11H2,1-2H3,(H,12,14). The van der Waals surface area contributed by atoms with Gasteiger partial charge in [-0.15, -0.1) is 0 Å². The first-order valence-corrected chi connectivity index (χ1v) is 7.33. The average molecular weight is 275 g/mol. The highest BCUT2D eigenvalue weighted by molar-refractivity contribution is 7.90. The number of furan rings is 1. The smallest absolute Gasteiger partial charge is 0.268 e. The molecular weight excluding hydrogens is 258 g/mol. The molecule has 18 heavy (non-hydrogen) atoms. The first-order chi connectivity index (χ1) is 8.33. The summed E-state index contributed by atoms with van der Waals surface area (Å²) in [5, 5.41) is 0. The van der Waals surface area contributed by atoms with Crippen molar-refractivity contribution in [2.45, 2.75) is 6.54 Å². The topological polar surface area (TPSA) is 106 Å². The SMILES string of the molecule is CN(CCS(C)(=O)=O)Cc1occc1C(=O)NN. The molecular formula is C10H17N3O4S. The van der Waals surface area contributed by atoms with Gasteiger partial charge in [-0.25, -0.2) is 14.3 Å². The van der Waals surface area contributed by atoms with Gasteiger partial charge in [0, 0.05) is 12.8 Å². The van der Waals surface area contributed by atoms with Crippen molar-refractivity contribution in [1.82, 2.24) is 10.3 Å². The summed E-state index contributed by atoms with van der Waals surface area (Å²) in [6.07, 6.45) is 2.57. The number of nitrogens with zero attached hydrogens (tertiary/aromatic N) is 1. The van der Waals surface area contributed by atoms with Gasteiger partial charge in [-0.3, -0.25) is 15.1 Å². The van der Waals surface area contributed by atoms with Crippen molar-refractivity contribution in [2.75, 3.05) is 25.6 Å². The van der Waals surface area contributed by atoms with E-state index in [0.29, 0.717) is 24.4 Å². The van der Waals surface area contributed by atoms with Gasteiger partial charge in [-0.05, 0) is 13.1 Å². The first kappa shape index (κ1) is 14.7. The lowest BCUT2D eigenvalue weighted by Gasteiger charge is -2.14. The lowest BCUT2D eigenvalue weighted by Crippen LogP contribution is -2.31. The van der Waals surface area contributed by atoms with Crippen LogP contribution in [0.3, 0.4) is 0 Å². The second kappa shape index (κ2) is 5.98. The van der Waals surface area contributed by atoms with Gasteiger partial charge in [0.2, 0.25) is 0 Å². The number of amides is 1. The van der Waals surface area contributed by atoms with E-state index in [2.05, 4.69) is 0 Å². The van der Waals surface area contributed by atoms with E-state index in [1.165, 1.54) is 18.6 Å². The Morgan fingerprint density at radius 2 is 2.22 bits per heavy atom. The predicted octanol–water partition coefficient (Wildman–Crippen LogP) is -0.640. The third-order valence-electron chi connectivity index (χ3n) is 2.38. The van der Waals surface area contributed by atoms with E-state index in [0.717, 1.165) is 0 Å². The van der Waals surface area contributed by atoms with E-state index in [9.17, 15) is 13.2 Å². The van der Waals surface area contributed by atoms with Gasteiger partial charge in [0.05, 0.1) is 24.1 Å². The highest BCUT2D eigenvalue weighted by Gasteiger charge is 2.15. The highest BCUT2D eigenvalue weighted by Crippen LogP contribution is 2.12. The molecule has 0 fully saturated rings. The fourth-order valence-corrected chi connectivity index (χ4v) is 2.03. The van der Waals surface area contributed by atoms with Gasteiger partial charge in [0.25, 0.3) is 5.91 Å². The summed E-state index contributed by atoms with van der Waals surface area (Å²) in [5.74, 6) is 5.12. The van der Waals surface area contributed by atoms with E-state index >= 15 is 0 Å². The maximum absolute atomic E-state index is 11.4. The molecule has 8 heteroatoms. The van der Waals surface area contributed by atoms with Gasteiger partial charge >= 0.3 is 0 Å². The molecule has 0 radical (unpaired) electrons. The van der Waals surface area contributed by atoms with Crippen LogP contribution in [-0.2, 0) is 16.4 Å². The first-order valence-electron chi connectivity index (χ1n) is 5.27. The van der Waals surface area contributed by atoms with E-state index in [1.807, 2.05) is 5.43 Å². The molecule has 0 aliphatic rings. The van der Waals surface area contributed by atoms with E-state index in [1.54, 1.807) is 11.9 Å². The Balaban J connectivity index is 2.62. The van der Waals surface area contributed by atoms with Crippen LogP contribution in [0.1, 0.15) is 16.1 Å². The molecule has 0 atom stereocenters. The van der Waals surface area contributed by atoms with Gasteiger partial charge in [0.1, 0.15) is 15.6 Å². The minimum Gasteiger partial charge on any atom is -0.467 e. The molecule has 102 valence electrons. The summed E-state index contributed by atoms with van der Waals surface area (Å²) < 4.78 is 27.2. The second-order valence-corrected chi connectivity index (χ2v) is 6.36. The third-order valence-corrected chi connectivity index (χ3v) is 3.30. The monoisotopic (exact) mass is 275 g/mol. The summed E-state index contributed by atoms with van der Waals surface area (Å²) >= 11 is 0. The largest absolute Gasteiger partial charge is 0.467 e. The maximum atomic E-state index is 11.4. The molecule has 1 heterocycles. The number of carbonyl (C=O) groups excluding carboxylic acids is 1. The van der Waals surface area contributed by atoms with Gasteiger partial charge in [-0.2, -0.15) is 0 Å². The van der Waals surface area contributed by atoms with Crippen molar-refractivity contribution in [3.05, 3.63) is 23.7 Å². The van der Waals surface area contributed by atoms with Crippen molar-refractivity contribution in [1.29, 1.82) is 0 Å². The highest BCUT2D eigenvalue weighted by atomic mass is 32.2. The minimum absolute atomic E-state index is 0.0582. The Kier molecular flexibility index (Phi) is 4.88. The lowest BCUT2D eigenvalue weighted by molar-refractivity contribution is 0.0950. The molecule has 1 rings (SSSR count). The van der Waals surface area contributed by atoms with Crippen molar-refractivity contribution < 1.29 is 17.6 Å². The van der Waals surface area contributed by atoms with Crippen LogP contribution in [0, 0.1) is 0 Å². The molecule has 3 N–H and O–H groups in total. The number of rotatable bonds is 6. The number of sulfone groups is 1. The van der Waals surface area contributed by atoms with Gasteiger partial charge < -0.3 is 4.42 Å². The maximum Gasteiger partial charge on any atom is 0.268 e. The van der Waals surface area contributed by atoms with Crippen molar-refractivity contribution in [3.8, 4) is 0 Å². The van der Waals surface area contributed by atoms with E-state index in [4.69, 9.17) is 10.3 Å². The van der Waals surface area contributed by atoms with Crippen LogP contribution >= 0.6 is 0 Å². The molecule has 7 nitrogen and oxygen atoms in total. The number of hydrazine groups is 1. The fraction of sp³-hybridized carbons (Fsp3) is 0.500. The second-order valence-electron chi connectivity index (χ2n) is 4.10. The van der Waals surface area contributed by atoms with Crippen LogP contribution in [0.2, 0.25) is 0 Å².